The van der Waals surface area contributed by atoms with E-state index in [1.54, 1.807) is 6.20 Å². The molecule has 0 aliphatic heterocycles. The molecule has 0 saturated carbocycles. The van der Waals surface area contributed by atoms with Gasteiger partial charge in [0.1, 0.15) is 5.75 Å². The van der Waals surface area contributed by atoms with E-state index in [2.05, 4.69) is 10.3 Å². The second-order valence-corrected chi connectivity index (χ2v) is 4.23. The second-order valence-electron chi connectivity index (χ2n) is 3.37. The predicted molar refractivity (Wildman–Crippen MR) is 69.3 cm³/mol. The first kappa shape index (κ1) is 12.1. The Labute approximate surface area is 109 Å². The van der Waals surface area contributed by atoms with Crippen molar-refractivity contribution in [3.8, 4) is 23.3 Å². The van der Waals surface area contributed by atoms with E-state index in [0.717, 1.165) is 5.56 Å². The Morgan fingerprint density at radius 3 is 2.83 bits per heavy atom. The molecule has 4 nitrogen and oxygen atoms in total. The Morgan fingerprint density at radius 2 is 2.22 bits per heavy atom. The number of ether oxygens (including phenoxy) is 1. The maximum Gasteiger partial charge on any atom is 0.295 e. The molecule has 0 atom stereocenters. The standard InChI is InChI=1S/C13H10N2O2S/c1-2-12(16)15-9-10-3-5-11(6-4-10)17-13-14-7-8-18-13/h1,3-8H,9H2,(H,15,16). The molecule has 2 rings (SSSR count). The molecule has 0 saturated heterocycles. The van der Waals surface area contributed by atoms with Gasteiger partial charge in [-0.05, 0) is 23.6 Å². The number of nitrogens with one attached hydrogen (secondary N) is 1. The molecular weight excluding hydrogens is 248 g/mol. The smallest absolute Gasteiger partial charge is 0.295 e. The Morgan fingerprint density at radius 1 is 1.44 bits per heavy atom. The first-order valence-corrected chi connectivity index (χ1v) is 6.06. The van der Waals surface area contributed by atoms with E-state index in [9.17, 15) is 4.79 Å². The van der Waals surface area contributed by atoms with Gasteiger partial charge in [-0.1, -0.05) is 23.5 Å². The molecule has 1 aromatic heterocycles. The highest BCUT2D eigenvalue weighted by molar-refractivity contribution is 7.11. The average molecular weight is 258 g/mol. The Bertz CT molecular complexity index is 556. The third-order valence-corrected chi connectivity index (χ3v) is 2.77. The van der Waals surface area contributed by atoms with Gasteiger partial charge in [0, 0.05) is 18.1 Å². The van der Waals surface area contributed by atoms with Crippen LogP contribution in [0.25, 0.3) is 0 Å². The molecule has 0 aliphatic rings. The molecule has 1 heterocycles. The number of terminal acetylenes is 1. The zero-order valence-electron chi connectivity index (χ0n) is 9.42. The van der Waals surface area contributed by atoms with Gasteiger partial charge in [-0.3, -0.25) is 4.79 Å². The maximum atomic E-state index is 10.9. The molecule has 2 aromatic rings. The number of hydrogen-bond acceptors (Lipinski definition) is 4. The summed E-state index contributed by atoms with van der Waals surface area (Å²) in [4.78, 5) is 14.9. The molecule has 0 fully saturated rings. The fourth-order valence-corrected chi connectivity index (χ4v) is 1.77. The van der Waals surface area contributed by atoms with Crippen LogP contribution in [0.4, 0.5) is 0 Å². The zero-order valence-corrected chi connectivity index (χ0v) is 10.2. The Kier molecular flexibility index (Phi) is 3.94. The van der Waals surface area contributed by atoms with Crippen molar-refractivity contribution in [2.75, 3.05) is 0 Å². The summed E-state index contributed by atoms with van der Waals surface area (Å²) in [6.45, 7) is 0.403. The molecule has 0 spiro atoms. The first-order valence-electron chi connectivity index (χ1n) is 5.18. The van der Waals surface area contributed by atoms with E-state index in [1.807, 2.05) is 35.6 Å². The topological polar surface area (TPSA) is 51.2 Å². The van der Waals surface area contributed by atoms with Gasteiger partial charge in [-0.2, -0.15) is 0 Å². The van der Waals surface area contributed by atoms with Gasteiger partial charge < -0.3 is 10.1 Å². The van der Waals surface area contributed by atoms with Crippen molar-refractivity contribution in [1.29, 1.82) is 0 Å². The first-order chi connectivity index (χ1) is 8.78. The van der Waals surface area contributed by atoms with Crippen LogP contribution >= 0.6 is 11.3 Å². The van der Waals surface area contributed by atoms with Crippen LogP contribution < -0.4 is 10.1 Å². The zero-order chi connectivity index (χ0) is 12.8. The lowest BCUT2D eigenvalue weighted by molar-refractivity contribution is -0.115. The summed E-state index contributed by atoms with van der Waals surface area (Å²) in [5, 5.41) is 5.03. The fourth-order valence-electron chi connectivity index (χ4n) is 1.27. The maximum absolute atomic E-state index is 10.9. The van der Waals surface area contributed by atoms with E-state index < -0.39 is 5.91 Å². The SMILES string of the molecule is C#CC(=O)NCc1ccc(Oc2nccs2)cc1. The molecule has 1 aromatic carbocycles. The van der Waals surface area contributed by atoms with Crippen molar-refractivity contribution in [3.63, 3.8) is 0 Å². The number of rotatable bonds is 4. The molecule has 0 radical (unpaired) electrons. The van der Waals surface area contributed by atoms with Gasteiger partial charge in [0.2, 0.25) is 0 Å². The van der Waals surface area contributed by atoms with Crippen molar-refractivity contribution >= 4 is 17.2 Å². The highest BCUT2D eigenvalue weighted by Gasteiger charge is 2.00. The van der Waals surface area contributed by atoms with Gasteiger partial charge in [0.15, 0.2) is 0 Å². The van der Waals surface area contributed by atoms with Crippen molar-refractivity contribution in [1.82, 2.24) is 10.3 Å². The van der Waals surface area contributed by atoms with Crippen LogP contribution in [0.5, 0.6) is 10.9 Å². The van der Waals surface area contributed by atoms with Crippen molar-refractivity contribution in [3.05, 3.63) is 41.4 Å². The van der Waals surface area contributed by atoms with Crippen LogP contribution in [0.1, 0.15) is 5.56 Å². The third-order valence-electron chi connectivity index (χ3n) is 2.12. The quantitative estimate of drug-likeness (QED) is 0.855. The molecular formula is C13H10N2O2S. The van der Waals surface area contributed by atoms with Crippen LogP contribution in [0.15, 0.2) is 35.8 Å². The molecule has 0 bridgehead atoms. The number of carbonyl (C=O) groups excluding carboxylic acids is 1. The minimum atomic E-state index is -0.418. The number of nitrogens with zero attached hydrogens (tertiary/aromatic N) is 1. The Hall–Kier alpha value is -2.32. The summed E-state index contributed by atoms with van der Waals surface area (Å²) in [6, 6.07) is 7.36. The lowest BCUT2D eigenvalue weighted by Crippen LogP contribution is -2.20. The number of amides is 1. The number of aromatic nitrogens is 1. The molecule has 0 aliphatic carbocycles. The summed E-state index contributed by atoms with van der Waals surface area (Å²) in [7, 11) is 0. The van der Waals surface area contributed by atoms with E-state index in [0.29, 0.717) is 17.5 Å². The molecule has 5 heteroatoms. The van der Waals surface area contributed by atoms with E-state index in [4.69, 9.17) is 11.2 Å². The van der Waals surface area contributed by atoms with E-state index >= 15 is 0 Å². The number of carbonyl (C=O) groups is 1. The monoisotopic (exact) mass is 258 g/mol. The van der Waals surface area contributed by atoms with E-state index in [1.165, 1.54) is 11.3 Å². The van der Waals surface area contributed by atoms with Crippen molar-refractivity contribution in [2.45, 2.75) is 6.54 Å². The van der Waals surface area contributed by atoms with Gasteiger partial charge >= 0.3 is 0 Å². The number of hydrogen-bond donors (Lipinski definition) is 1. The average Bonchev–Trinajstić information content (AvgIpc) is 2.90. The fraction of sp³-hybridized carbons (Fsp3) is 0.0769. The molecule has 1 N–H and O–H groups in total. The molecule has 18 heavy (non-hydrogen) atoms. The van der Waals surface area contributed by atoms with Gasteiger partial charge in [0.25, 0.3) is 11.1 Å². The summed E-state index contributed by atoms with van der Waals surface area (Å²) in [6.07, 6.45) is 6.63. The van der Waals surface area contributed by atoms with Crippen LogP contribution in [-0.4, -0.2) is 10.9 Å². The minimum absolute atomic E-state index is 0.403. The largest absolute Gasteiger partial charge is 0.431 e. The Balaban J connectivity index is 1.93. The van der Waals surface area contributed by atoms with Crippen molar-refractivity contribution < 1.29 is 9.53 Å². The number of thiazole rings is 1. The minimum Gasteiger partial charge on any atom is -0.431 e. The van der Waals surface area contributed by atoms with E-state index in [-0.39, 0.29) is 0 Å². The van der Waals surface area contributed by atoms with Crippen LogP contribution in [-0.2, 0) is 11.3 Å². The highest BCUT2D eigenvalue weighted by atomic mass is 32.1. The lowest BCUT2D eigenvalue weighted by Gasteiger charge is -2.04. The summed E-state index contributed by atoms with van der Waals surface area (Å²) in [5.41, 5.74) is 0.949. The summed E-state index contributed by atoms with van der Waals surface area (Å²) in [5.74, 6) is 2.28. The van der Waals surface area contributed by atoms with Crippen molar-refractivity contribution in [2.24, 2.45) is 0 Å². The molecule has 0 unspecified atom stereocenters. The molecule has 1 amide bonds. The van der Waals surface area contributed by atoms with Crippen LogP contribution in [0, 0.1) is 12.3 Å². The lowest BCUT2D eigenvalue weighted by atomic mass is 10.2. The van der Waals surface area contributed by atoms with Gasteiger partial charge in [-0.25, -0.2) is 4.98 Å². The summed E-state index contributed by atoms with van der Waals surface area (Å²) < 4.78 is 5.51. The summed E-state index contributed by atoms with van der Waals surface area (Å²) >= 11 is 1.43. The van der Waals surface area contributed by atoms with Crippen LogP contribution in [0.3, 0.4) is 0 Å². The van der Waals surface area contributed by atoms with Gasteiger partial charge in [-0.15, -0.1) is 6.42 Å². The van der Waals surface area contributed by atoms with Gasteiger partial charge in [0.05, 0.1) is 0 Å². The number of benzene rings is 1. The van der Waals surface area contributed by atoms with Crippen LogP contribution in [0.2, 0.25) is 0 Å². The normalized spacial score (nSPS) is 9.50. The molecule has 90 valence electrons. The highest BCUT2D eigenvalue weighted by Crippen LogP contribution is 2.23. The third kappa shape index (κ3) is 3.34. The second kappa shape index (κ2) is 5.84. The predicted octanol–water partition coefficient (Wildman–Crippen LogP) is 2.18.